The SMILES string of the molecule is CC(=O)N[C@H]1[C@H](O[C@H]2[C@@H](O)[C@@H](CO)O[C@@H](O[C@@H]([C@H](O)[C@@H](O)CO)[C@H](O)CO)[C@@H]2O)O[C@H](CO)[C@@H](O)[C@@H]1O[C@]1(C(=O)O)C[C@H](O)[C@@H](NC(C)=O)[C@H]([C@H](O)[C@H](O)CO)O1. The molecule has 3 saturated heterocycles. The van der Waals surface area contributed by atoms with Crippen molar-refractivity contribution in [2.75, 3.05) is 33.0 Å². The second-order valence-corrected chi connectivity index (χ2v) is 13.8. The van der Waals surface area contributed by atoms with Crippen LogP contribution in [0.4, 0.5) is 0 Å². The quantitative estimate of drug-likeness (QED) is 0.0574. The molecule has 20 atom stereocenters. The Morgan fingerprint density at radius 2 is 1.23 bits per heavy atom. The van der Waals surface area contributed by atoms with Crippen molar-refractivity contribution in [3.05, 3.63) is 0 Å². The van der Waals surface area contributed by atoms with Gasteiger partial charge in [-0.05, 0) is 0 Å². The standard InChI is InChI=1S/C31H54N2O24/c1-9(39)32-17-11(41)3-31(30(50)51,56-25(17)20(46)13(43)5-35)57-26-18(33-10(2)40)28(52-15(7-37)21(26)47)55-27-22(48)16(8-38)53-29(23(27)49)54-24(14(44)6-36)19(45)12(42)4-34/h11-29,34-38,41-49H,3-8H2,1-2H3,(H,32,39)(H,33,40)(H,50,51)/t11-,12-,13+,14+,15+,16+,17+,18+,19+,20+,21+,22-,23+,24+,25+,26+,27-,28-,29-,31-/m0/s1. The van der Waals surface area contributed by atoms with Crippen LogP contribution >= 0.6 is 0 Å². The molecule has 0 unspecified atom stereocenters. The van der Waals surface area contributed by atoms with Crippen LogP contribution in [-0.2, 0) is 42.8 Å². The Hall–Kier alpha value is -2.39. The maximum Gasteiger partial charge on any atom is 0.364 e. The van der Waals surface area contributed by atoms with Gasteiger partial charge >= 0.3 is 5.97 Å². The average Bonchev–Trinajstić information content (AvgIpc) is 3.17. The molecule has 0 aromatic heterocycles. The molecular formula is C31H54N2O24. The number of hydrogen-bond acceptors (Lipinski definition) is 23. The Morgan fingerprint density at radius 1 is 0.719 bits per heavy atom. The fourth-order valence-corrected chi connectivity index (χ4v) is 6.65. The summed E-state index contributed by atoms with van der Waals surface area (Å²) in [6, 6.07) is -3.55. The molecule has 17 N–H and O–H groups in total. The van der Waals surface area contributed by atoms with E-state index in [0.717, 1.165) is 13.8 Å². The highest BCUT2D eigenvalue weighted by atomic mass is 16.8. The van der Waals surface area contributed by atoms with Crippen LogP contribution in [0.3, 0.4) is 0 Å². The third-order valence-corrected chi connectivity index (χ3v) is 9.62. The van der Waals surface area contributed by atoms with E-state index in [-0.39, 0.29) is 0 Å². The largest absolute Gasteiger partial charge is 0.477 e. The summed E-state index contributed by atoms with van der Waals surface area (Å²) in [4.78, 5) is 37.4. The van der Waals surface area contributed by atoms with E-state index in [4.69, 9.17) is 28.4 Å². The summed E-state index contributed by atoms with van der Waals surface area (Å²) in [6.07, 6.45) is -35.7. The maximum absolute atomic E-state index is 13.0. The number of carboxylic acid groups (broad SMARTS) is 1. The second-order valence-electron chi connectivity index (χ2n) is 13.8. The molecule has 3 rings (SSSR count). The Balaban J connectivity index is 2.07. The minimum atomic E-state index is -3.14. The second kappa shape index (κ2) is 21.2. The fourth-order valence-electron chi connectivity index (χ4n) is 6.65. The molecule has 2 amide bonds. The van der Waals surface area contributed by atoms with Gasteiger partial charge in [-0.2, -0.15) is 0 Å². The Labute approximate surface area is 323 Å². The predicted octanol–water partition coefficient (Wildman–Crippen LogP) is -10.6. The number of carboxylic acids is 1. The van der Waals surface area contributed by atoms with Crippen LogP contribution in [-0.4, -0.2) is 249 Å². The third kappa shape index (κ3) is 11.3. The summed E-state index contributed by atoms with van der Waals surface area (Å²) in [5, 5.41) is 160. The van der Waals surface area contributed by atoms with Crippen LogP contribution in [0.2, 0.25) is 0 Å². The molecule has 26 nitrogen and oxygen atoms in total. The van der Waals surface area contributed by atoms with E-state index >= 15 is 0 Å². The monoisotopic (exact) mass is 838 g/mol. The van der Waals surface area contributed by atoms with Crippen molar-refractivity contribution in [3.63, 3.8) is 0 Å². The summed E-state index contributed by atoms with van der Waals surface area (Å²) in [6.45, 7) is -3.42. The summed E-state index contributed by atoms with van der Waals surface area (Å²) in [7, 11) is 0. The number of nitrogens with one attached hydrogen (secondary N) is 2. The smallest absolute Gasteiger partial charge is 0.364 e. The van der Waals surface area contributed by atoms with Crippen LogP contribution in [0.25, 0.3) is 0 Å². The van der Waals surface area contributed by atoms with Gasteiger partial charge < -0.3 is 116 Å². The van der Waals surface area contributed by atoms with Crippen molar-refractivity contribution in [1.29, 1.82) is 0 Å². The zero-order valence-electron chi connectivity index (χ0n) is 30.6. The molecule has 332 valence electrons. The number of rotatable bonds is 19. The molecule has 3 heterocycles. The number of aliphatic hydroxyl groups excluding tert-OH is 14. The predicted molar refractivity (Wildman–Crippen MR) is 176 cm³/mol. The van der Waals surface area contributed by atoms with Gasteiger partial charge in [-0.3, -0.25) is 9.59 Å². The lowest BCUT2D eigenvalue weighted by Gasteiger charge is -2.51. The van der Waals surface area contributed by atoms with Crippen molar-refractivity contribution in [2.24, 2.45) is 0 Å². The van der Waals surface area contributed by atoms with Gasteiger partial charge in [-0.15, -0.1) is 0 Å². The lowest BCUT2D eigenvalue weighted by Crippen LogP contribution is -2.72. The summed E-state index contributed by atoms with van der Waals surface area (Å²) in [5.74, 6) is -6.91. The molecule has 0 saturated carbocycles. The minimum absolute atomic E-state index is 0.800. The number of carbonyl (C=O) groups excluding carboxylic acids is 2. The molecule has 3 aliphatic rings. The molecule has 0 radical (unpaired) electrons. The molecule has 57 heavy (non-hydrogen) atoms. The third-order valence-electron chi connectivity index (χ3n) is 9.62. The van der Waals surface area contributed by atoms with E-state index in [2.05, 4.69) is 10.6 Å². The number of carbonyl (C=O) groups is 3. The van der Waals surface area contributed by atoms with Crippen molar-refractivity contribution >= 4 is 17.8 Å². The van der Waals surface area contributed by atoms with Gasteiger partial charge in [0.1, 0.15) is 91.5 Å². The molecular weight excluding hydrogens is 784 g/mol. The Kier molecular flexibility index (Phi) is 18.2. The van der Waals surface area contributed by atoms with Gasteiger partial charge in [0.15, 0.2) is 12.6 Å². The molecule has 3 aliphatic heterocycles. The van der Waals surface area contributed by atoms with Crippen molar-refractivity contribution in [1.82, 2.24) is 10.6 Å². The highest BCUT2D eigenvalue weighted by Crippen LogP contribution is 2.38. The first-order valence-corrected chi connectivity index (χ1v) is 17.6. The molecule has 3 fully saturated rings. The zero-order valence-corrected chi connectivity index (χ0v) is 30.6. The average molecular weight is 839 g/mol. The van der Waals surface area contributed by atoms with Gasteiger partial charge in [0.25, 0.3) is 5.79 Å². The molecule has 0 aromatic rings. The van der Waals surface area contributed by atoms with E-state index in [1.54, 1.807) is 0 Å². The van der Waals surface area contributed by atoms with Crippen molar-refractivity contribution in [3.8, 4) is 0 Å². The van der Waals surface area contributed by atoms with Crippen LogP contribution in [0.1, 0.15) is 20.3 Å². The number of hydrogen-bond donors (Lipinski definition) is 17. The maximum atomic E-state index is 13.0. The van der Waals surface area contributed by atoms with Crippen molar-refractivity contribution < 1.29 is 119 Å². The first-order valence-electron chi connectivity index (χ1n) is 17.6. The molecule has 26 heteroatoms. The van der Waals surface area contributed by atoms with Gasteiger partial charge in [0, 0.05) is 20.3 Å². The number of ether oxygens (including phenoxy) is 6. The van der Waals surface area contributed by atoms with E-state index < -0.39 is 179 Å². The van der Waals surface area contributed by atoms with Gasteiger partial charge in [-0.1, -0.05) is 0 Å². The van der Waals surface area contributed by atoms with Crippen LogP contribution < -0.4 is 10.6 Å². The van der Waals surface area contributed by atoms with E-state index in [9.17, 15) is 91.0 Å². The van der Waals surface area contributed by atoms with Crippen LogP contribution in [0, 0.1) is 0 Å². The first-order chi connectivity index (χ1) is 26.7. The van der Waals surface area contributed by atoms with E-state index in [1.165, 1.54) is 0 Å². The fraction of sp³-hybridized carbons (Fsp3) is 0.903. The lowest BCUT2D eigenvalue weighted by atomic mass is 9.88. The van der Waals surface area contributed by atoms with Gasteiger partial charge in [0.2, 0.25) is 11.8 Å². The van der Waals surface area contributed by atoms with Crippen molar-refractivity contribution in [2.45, 2.75) is 142 Å². The summed E-state index contributed by atoms with van der Waals surface area (Å²) < 4.78 is 33.8. The van der Waals surface area contributed by atoms with Crippen LogP contribution in [0.5, 0.6) is 0 Å². The summed E-state index contributed by atoms with van der Waals surface area (Å²) in [5.41, 5.74) is 0. The molecule has 0 bridgehead atoms. The number of amides is 2. The van der Waals surface area contributed by atoms with Crippen LogP contribution in [0.15, 0.2) is 0 Å². The summed E-state index contributed by atoms with van der Waals surface area (Å²) >= 11 is 0. The van der Waals surface area contributed by atoms with Gasteiger partial charge in [0.05, 0.1) is 45.2 Å². The first kappa shape index (κ1) is 49.0. The normalized spacial score (nSPS) is 39.3. The van der Waals surface area contributed by atoms with Gasteiger partial charge in [-0.25, -0.2) is 4.79 Å². The Bertz CT molecular complexity index is 1300. The molecule has 0 aliphatic carbocycles. The zero-order chi connectivity index (χ0) is 43.1. The highest BCUT2D eigenvalue weighted by Gasteiger charge is 2.60. The van der Waals surface area contributed by atoms with E-state index in [1.807, 2.05) is 0 Å². The Morgan fingerprint density at radius 3 is 1.72 bits per heavy atom. The molecule has 0 spiro atoms. The lowest BCUT2D eigenvalue weighted by molar-refractivity contribution is -0.376. The highest BCUT2D eigenvalue weighted by molar-refractivity contribution is 5.77. The molecule has 0 aromatic carbocycles. The number of aliphatic hydroxyl groups is 14. The number of aliphatic carboxylic acids is 1. The topological polar surface area (TPSA) is 434 Å². The minimum Gasteiger partial charge on any atom is -0.477 e. The van der Waals surface area contributed by atoms with E-state index in [0.29, 0.717) is 0 Å².